The highest BCUT2D eigenvalue weighted by atomic mass is 31.2. The highest BCUT2D eigenvalue weighted by molar-refractivity contribution is 7.58. The molecule has 4 unspecified atom stereocenters. The minimum atomic E-state index is -3.86. The van der Waals surface area contributed by atoms with Gasteiger partial charge in [0.05, 0.1) is 18.4 Å². The van der Waals surface area contributed by atoms with Gasteiger partial charge >= 0.3 is 19.8 Å². The van der Waals surface area contributed by atoms with E-state index in [1.807, 2.05) is 0 Å². The van der Waals surface area contributed by atoms with Gasteiger partial charge in [-0.25, -0.2) is 4.79 Å². The van der Waals surface area contributed by atoms with E-state index in [0.29, 0.717) is 6.20 Å². The van der Waals surface area contributed by atoms with Crippen molar-refractivity contribution in [1.82, 2.24) is 14.6 Å². The van der Waals surface area contributed by atoms with Gasteiger partial charge in [-0.1, -0.05) is 23.3 Å². The van der Waals surface area contributed by atoms with Gasteiger partial charge in [-0.3, -0.25) is 23.7 Å². The van der Waals surface area contributed by atoms with Crippen LogP contribution >= 0.6 is 8.09 Å². The van der Waals surface area contributed by atoms with Gasteiger partial charge in [0.15, 0.2) is 12.0 Å². The molecule has 4 N–H and O–H groups in total. The van der Waals surface area contributed by atoms with Crippen molar-refractivity contribution in [3.63, 3.8) is 0 Å². The van der Waals surface area contributed by atoms with Crippen LogP contribution < -0.4 is 20.9 Å². The molecule has 0 saturated carbocycles. The molecule has 1 aliphatic heterocycles. The van der Waals surface area contributed by atoms with Crippen LogP contribution in [0.4, 0.5) is 4.39 Å². The first-order chi connectivity index (χ1) is 16.1. The number of hydrogen-bond donors (Lipinski definition) is 4. The fourth-order valence-corrected chi connectivity index (χ4v) is 4.43. The zero-order chi connectivity index (χ0) is 24.9. The minimum absolute atomic E-state index is 0.0292. The first-order valence-electron chi connectivity index (χ1n) is 10.4. The van der Waals surface area contributed by atoms with E-state index in [2.05, 4.69) is 5.09 Å². The summed E-state index contributed by atoms with van der Waals surface area (Å²) in [7, 11) is -3.86. The summed E-state index contributed by atoms with van der Waals surface area (Å²) in [6.07, 6.45) is -3.10. The SMILES string of the molecule is CC(C)OC(=O)CN[P+](O)(OCC1CC(O)C(n2cc(F)c(=O)[nH]c2=O)O1)Oc1ccccc1. The first kappa shape index (κ1) is 25.9. The van der Waals surface area contributed by atoms with Gasteiger partial charge in [-0.05, 0) is 26.0 Å². The summed E-state index contributed by atoms with van der Waals surface area (Å²) in [6.45, 7) is 2.64. The molecule has 0 radical (unpaired) electrons. The largest absolute Gasteiger partial charge is 0.544 e. The van der Waals surface area contributed by atoms with Crippen LogP contribution in [-0.2, 0) is 18.8 Å². The molecule has 1 aromatic heterocycles. The average molecular weight is 502 g/mol. The molecule has 14 heteroatoms. The Morgan fingerprint density at radius 1 is 1.35 bits per heavy atom. The molecule has 4 atom stereocenters. The maximum absolute atomic E-state index is 13.6. The molecule has 1 fully saturated rings. The van der Waals surface area contributed by atoms with Gasteiger partial charge in [0, 0.05) is 6.42 Å². The topological polar surface area (TPSA) is 161 Å². The van der Waals surface area contributed by atoms with Gasteiger partial charge in [-0.15, -0.1) is 0 Å². The van der Waals surface area contributed by atoms with Crippen molar-refractivity contribution >= 4 is 14.1 Å². The number of nitrogens with one attached hydrogen (secondary N) is 2. The van der Waals surface area contributed by atoms with Crippen molar-refractivity contribution in [2.24, 2.45) is 0 Å². The molecule has 34 heavy (non-hydrogen) atoms. The van der Waals surface area contributed by atoms with Crippen LogP contribution in [0, 0.1) is 5.82 Å². The van der Waals surface area contributed by atoms with E-state index in [0.717, 1.165) is 4.57 Å². The zero-order valence-corrected chi connectivity index (χ0v) is 19.3. The number of aromatic amines is 1. The fraction of sp³-hybridized carbons (Fsp3) is 0.450. The Labute approximate surface area is 193 Å². The third-order valence-corrected chi connectivity index (χ3v) is 6.08. The predicted molar refractivity (Wildman–Crippen MR) is 117 cm³/mol. The Morgan fingerprint density at radius 3 is 2.74 bits per heavy atom. The highest BCUT2D eigenvalue weighted by Crippen LogP contribution is 2.52. The fourth-order valence-electron chi connectivity index (χ4n) is 3.12. The van der Waals surface area contributed by atoms with E-state index in [1.54, 1.807) is 49.2 Å². The maximum Gasteiger partial charge on any atom is 0.544 e. The molecular weight excluding hydrogens is 476 g/mol. The Balaban J connectivity index is 1.68. The molecule has 12 nitrogen and oxygen atoms in total. The van der Waals surface area contributed by atoms with E-state index in [4.69, 9.17) is 18.5 Å². The molecule has 0 bridgehead atoms. The van der Waals surface area contributed by atoms with Crippen molar-refractivity contribution in [3.05, 3.63) is 63.2 Å². The van der Waals surface area contributed by atoms with Crippen molar-refractivity contribution in [1.29, 1.82) is 0 Å². The Bertz CT molecular complexity index is 1100. The number of aliphatic hydroxyl groups is 1. The van der Waals surface area contributed by atoms with Crippen LogP contribution in [0.3, 0.4) is 0 Å². The molecule has 0 amide bonds. The second kappa shape index (κ2) is 11.2. The van der Waals surface area contributed by atoms with Crippen molar-refractivity contribution in [2.75, 3.05) is 13.2 Å². The van der Waals surface area contributed by atoms with Gasteiger partial charge in [-0.2, -0.15) is 13.8 Å². The van der Waals surface area contributed by atoms with Crippen LogP contribution in [0.2, 0.25) is 0 Å². The maximum atomic E-state index is 13.6. The Morgan fingerprint density at radius 2 is 2.06 bits per heavy atom. The second-order valence-electron chi connectivity index (χ2n) is 7.69. The highest BCUT2D eigenvalue weighted by Gasteiger charge is 2.47. The van der Waals surface area contributed by atoms with E-state index < -0.39 is 56.1 Å². The monoisotopic (exact) mass is 502 g/mol. The number of ether oxygens (including phenoxy) is 2. The predicted octanol–water partition coefficient (Wildman–Crippen LogP) is 0.631. The summed E-state index contributed by atoms with van der Waals surface area (Å²) < 4.78 is 36.1. The van der Waals surface area contributed by atoms with E-state index in [1.165, 1.54) is 0 Å². The summed E-state index contributed by atoms with van der Waals surface area (Å²) in [4.78, 5) is 47.9. The number of para-hydroxylation sites is 1. The molecule has 186 valence electrons. The number of aliphatic hydroxyl groups excluding tert-OH is 1. The molecule has 1 saturated heterocycles. The van der Waals surface area contributed by atoms with Crippen molar-refractivity contribution < 1.29 is 37.7 Å². The number of carbonyl (C=O) groups excluding carboxylic acids is 1. The van der Waals surface area contributed by atoms with Crippen LogP contribution in [0.5, 0.6) is 5.75 Å². The third kappa shape index (κ3) is 6.92. The normalized spacial score (nSPS) is 21.9. The number of benzene rings is 1. The quantitative estimate of drug-likeness (QED) is 0.268. The molecule has 2 heterocycles. The molecule has 2 aromatic rings. The standard InChI is InChI=1S/C20H25FN3O9P/c1-12(2)31-17(26)9-22-34(29,33-13-6-4-3-5-7-13)30-11-14-8-16(25)19(32-14)24-10-15(21)18(27)23-20(24)28/h3-7,10,12,14,16,19,22,25,29H,8-9,11H2,1-2H3/p+1. The van der Waals surface area contributed by atoms with Gasteiger partial charge in [0.25, 0.3) is 5.56 Å². The lowest BCUT2D eigenvalue weighted by molar-refractivity contribution is -0.146. The van der Waals surface area contributed by atoms with Gasteiger partial charge in [0.1, 0.15) is 19.3 Å². The molecule has 3 rings (SSSR count). The molecule has 1 aliphatic rings. The second-order valence-corrected chi connectivity index (χ2v) is 9.49. The minimum Gasteiger partial charge on any atom is -0.462 e. The molecule has 0 aliphatic carbocycles. The molecule has 0 spiro atoms. The lowest BCUT2D eigenvalue weighted by atomic mass is 10.2. The van der Waals surface area contributed by atoms with E-state index in [-0.39, 0.29) is 24.9 Å². The van der Waals surface area contributed by atoms with Crippen LogP contribution in [0.25, 0.3) is 0 Å². The molecule has 1 aromatic carbocycles. The average Bonchev–Trinajstić information content (AvgIpc) is 3.14. The summed E-state index contributed by atoms with van der Waals surface area (Å²) in [5, 5.41) is 12.8. The van der Waals surface area contributed by atoms with Crippen LogP contribution in [0.1, 0.15) is 26.5 Å². The number of esters is 1. The summed E-state index contributed by atoms with van der Waals surface area (Å²) in [5.74, 6) is -1.59. The van der Waals surface area contributed by atoms with Crippen LogP contribution in [-0.4, -0.2) is 57.0 Å². The Kier molecular flexibility index (Phi) is 8.52. The van der Waals surface area contributed by atoms with Crippen molar-refractivity contribution in [3.8, 4) is 5.75 Å². The number of halogens is 1. The summed E-state index contributed by atoms with van der Waals surface area (Å²) >= 11 is 0. The van der Waals surface area contributed by atoms with E-state index >= 15 is 0 Å². The first-order valence-corrected chi connectivity index (χ1v) is 11.9. The number of nitrogens with zero attached hydrogens (tertiary/aromatic N) is 1. The Hall–Kier alpha value is -2.67. The van der Waals surface area contributed by atoms with Gasteiger partial charge in [0.2, 0.25) is 5.82 Å². The number of H-pyrrole nitrogens is 1. The lowest BCUT2D eigenvalue weighted by Crippen LogP contribution is -2.36. The van der Waals surface area contributed by atoms with Gasteiger partial charge < -0.3 is 14.6 Å². The van der Waals surface area contributed by atoms with E-state index in [9.17, 15) is 28.8 Å². The lowest BCUT2D eigenvalue weighted by Gasteiger charge is -2.20. The third-order valence-electron chi connectivity index (χ3n) is 4.56. The molecular formula is C20H26FN3O9P+. The number of rotatable bonds is 10. The number of aromatic nitrogens is 2. The zero-order valence-electron chi connectivity index (χ0n) is 18.4. The summed E-state index contributed by atoms with van der Waals surface area (Å²) in [5.41, 5.74) is -2.15. The van der Waals surface area contributed by atoms with Crippen molar-refractivity contribution in [2.45, 2.75) is 44.8 Å². The number of carbonyl (C=O) groups is 1. The smallest absolute Gasteiger partial charge is 0.462 e. The summed E-state index contributed by atoms with van der Waals surface area (Å²) in [6, 6.07) is 8.24. The van der Waals surface area contributed by atoms with Crippen LogP contribution in [0.15, 0.2) is 46.1 Å². The number of hydrogen-bond acceptors (Lipinski definition) is 10.